The molecule has 2 heterocycles. The first-order chi connectivity index (χ1) is 9.58. The van der Waals surface area contributed by atoms with Gasteiger partial charge in [-0.3, -0.25) is 9.69 Å². The Bertz CT molecular complexity index is 458. The van der Waals surface area contributed by atoms with Gasteiger partial charge in [-0.2, -0.15) is 0 Å². The van der Waals surface area contributed by atoms with Crippen molar-refractivity contribution in [1.29, 1.82) is 0 Å². The lowest BCUT2D eigenvalue weighted by molar-refractivity contribution is 0.0628. The first-order valence-electron chi connectivity index (χ1n) is 6.85. The van der Waals surface area contributed by atoms with Crippen LogP contribution in [-0.2, 0) is 0 Å². The van der Waals surface area contributed by atoms with Gasteiger partial charge in [-0.05, 0) is 42.2 Å². The van der Waals surface area contributed by atoms with Crippen LogP contribution in [-0.4, -0.2) is 79.0 Å². The standard InChI is InChI=1S/C14H21BrN4O/c1-17(2)6-7-18-8-10-19(11-9-18)14(20)12-4-3-5-16-13(12)15/h3-5H,6-11H2,1-2H3. The third-order valence-electron chi connectivity index (χ3n) is 3.51. The fourth-order valence-corrected chi connectivity index (χ4v) is 2.65. The van der Waals surface area contributed by atoms with Crippen molar-refractivity contribution < 1.29 is 4.79 Å². The van der Waals surface area contributed by atoms with Gasteiger partial charge in [-0.1, -0.05) is 0 Å². The number of carbonyl (C=O) groups is 1. The Balaban J connectivity index is 1.88. The molecule has 0 N–H and O–H groups in total. The molecule has 5 nitrogen and oxygen atoms in total. The predicted molar refractivity (Wildman–Crippen MR) is 82.8 cm³/mol. The van der Waals surface area contributed by atoms with Crippen molar-refractivity contribution in [1.82, 2.24) is 19.7 Å². The molecule has 6 heteroatoms. The topological polar surface area (TPSA) is 39.7 Å². The van der Waals surface area contributed by atoms with Gasteiger partial charge in [0.05, 0.1) is 5.56 Å². The average molecular weight is 341 g/mol. The maximum atomic E-state index is 12.4. The molecule has 2 rings (SSSR count). The smallest absolute Gasteiger partial charge is 0.256 e. The van der Waals surface area contributed by atoms with E-state index in [2.05, 4.69) is 44.8 Å². The Morgan fingerprint density at radius 2 is 2.05 bits per heavy atom. The number of pyridine rings is 1. The van der Waals surface area contributed by atoms with Gasteiger partial charge in [0.2, 0.25) is 0 Å². The van der Waals surface area contributed by atoms with E-state index in [0.29, 0.717) is 10.2 Å². The van der Waals surface area contributed by atoms with Gasteiger partial charge < -0.3 is 9.80 Å². The van der Waals surface area contributed by atoms with E-state index in [4.69, 9.17) is 0 Å². The van der Waals surface area contributed by atoms with Crippen LogP contribution in [0.1, 0.15) is 10.4 Å². The van der Waals surface area contributed by atoms with E-state index in [-0.39, 0.29) is 5.91 Å². The molecule has 0 aliphatic carbocycles. The number of piperazine rings is 1. The first kappa shape index (κ1) is 15.4. The highest BCUT2D eigenvalue weighted by Crippen LogP contribution is 2.16. The van der Waals surface area contributed by atoms with Crippen molar-refractivity contribution in [2.24, 2.45) is 0 Å². The van der Waals surface area contributed by atoms with Gasteiger partial charge in [0, 0.05) is 45.5 Å². The number of aromatic nitrogens is 1. The second-order valence-electron chi connectivity index (χ2n) is 5.28. The van der Waals surface area contributed by atoms with Crippen molar-refractivity contribution in [2.75, 3.05) is 53.4 Å². The molecule has 1 aliphatic heterocycles. The molecule has 0 unspecified atom stereocenters. The molecule has 0 radical (unpaired) electrons. The maximum Gasteiger partial charge on any atom is 0.256 e. The van der Waals surface area contributed by atoms with Crippen molar-refractivity contribution in [2.45, 2.75) is 0 Å². The number of carbonyl (C=O) groups excluding carboxylic acids is 1. The summed E-state index contributed by atoms with van der Waals surface area (Å²) in [6.45, 7) is 5.57. The highest BCUT2D eigenvalue weighted by Gasteiger charge is 2.23. The van der Waals surface area contributed by atoms with Gasteiger partial charge in [-0.25, -0.2) is 4.98 Å². The molecule has 1 aromatic heterocycles. The molecule has 0 atom stereocenters. The van der Waals surface area contributed by atoms with Crippen molar-refractivity contribution in [3.05, 3.63) is 28.5 Å². The van der Waals surface area contributed by atoms with E-state index in [1.165, 1.54) is 0 Å². The minimum absolute atomic E-state index is 0.0669. The van der Waals surface area contributed by atoms with Crippen molar-refractivity contribution in [3.63, 3.8) is 0 Å². The van der Waals surface area contributed by atoms with Crippen LogP contribution in [0.5, 0.6) is 0 Å². The van der Waals surface area contributed by atoms with E-state index < -0.39 is 0 Å². The van der Waals surface area contributed by atoms with Crippen LogP contribution in [0, 0.1) is 0 Å². The zero-order valence-electron chi connectivity index (χ0n) is 12.0. The van der Waals surface area contributed by atoms with Gasteiger partial charge >= 0.3 is 0 Å². The molecule has 0 spiro atoms. The molecular formula is C14H21BrN4O. The number of rotatable bonds is 4. The minimum Gasteiger partial charge on any atom is -0.336 e. The molecule has 1 aromatic rings. The Kier molecular flexibility index (Phi) is 5.51. The second kappa shape index (κ2) is 7.15. The van der Waals surface area contributed by atoms with Crippen LogP contribution in [0.2, 0.25) is 0 Å². The molecule has 1 amide bonds. The Labute approximate surface area is 128 Å². The minimum atomic E-state index is 0.0669. The molecule has 0 saturated carbocycles. The molecule has 1 aliphatic rings. The summed E-state index contributed by atoms with van der Waals surface area (Å²) in [4.78, 5) is 23.0. The normalized spacial score (nSPS) is 16.7. The summed E-state index contributed by atoms with van der Waals surface area (Å²) in [6, 6.07) is 3.61. The lowest BCUT2D eigenvalue weighted by atomic mass is 10.2. The predicted octanol–water partition coefficient (Wildman–Crippen LogP) is 1.16. The Hall–Kier alpha value is -0.980. The Morgan fingerprint density at radius 1 is 1.35 bits per heavy atom. The van der Waals surface area contributed by atoms with Crippen LogP contribution in [0.3, 0.4) is 0 Å². The van der Waals surface area contributed by atoms with Gasteiger partial charge in [0.25, 0.3) is 5.91 Å². The molecular weight excluding hydrogens is 320 g/mol. The quantitative estimate of drug-likeness (QED) is 0.771. The summed E-state index contributed by atoms with van der Waals surface area (Å²) >= 11 is 3.34. The number of likely N-dealkylation sites (N-methyl/N-ethyl adjacent to an activating group) is 1. The van der Waals surface area contributed by atoms with E-state index in [0.717, 1.165) is 39.3 Å². The summed E-state index contributed by atoms with van der Waals surface area (Å²) in [6.07, 6.45) is 1.68. The second-order valence-corrected chi connectivity index (χ2v) is 6.03. The summed E-state index contributed by atoms with van der Waals surface area (Å²) < 4.78 is 0.625. The van der Waals surface area contributed by atoms with Crippen molar-refractivity contribution >= 4 is 21.8 Å². The highest BCUT2D eigenvalue weighted by molar-refractivity contribution is 9.10. The molecule has 1 fully saturated rings. The van der Waals surface area contributed by atoms with Crippen LogP contribution in [0.15, 0.2) is 22.9 Å². The molecule has 1 saturated heterocycles. The number of amides is 1. The first-order valence-corrected chi connectivity index (χ1v) is 7.64. The zero-order chi connectivity index (χ0) is 14.5. The molecule has 110 valence electrons. The molecule has 0 aromatic carbocycles. The lowest BCUT2D eigenvalue weighted by Crippen LogP contribution is -2.50. The largest absolute Gasteiger partial charge is 0.336 e. The summed E-state index contributed by atoms with van der Waals surface area (Å²) in [5, 5.41) is 0. The number of hydrogen-bond donors (Lipinski definition) is 0. The lowest BCUT2D eigenvalue weighted by Gasteiger charge is -2.35. The van der Waals surface area contributed by atoms with Gasteiger partial charge in [-0.15, -0.1) is 0 Å². The molecule has 20 heavy (non-hydrogen) atoms. The third kappa shape index (κ3) is 4.01. The van der Waals surface area contributed by atoms with Gasteiger partial charge in [0.15, 0.2) is 0 Å². The summed E-state index contributed by atoms with van der Waals surface area (Å²) in [5.41, 5.74) is 0.647. The third-order valence-corrected chi connectivity index (χ3v) is 4.14. The number of hydrogen-bond acceptors (Lipinski definition) is 4. The van der Waals surface area contributed by atoms with Gasteiger partial charge in [0.1, 0.15) is 4.60 Å². The highest BCUT2D eigenvalue weighted by atomic mass is 79.9. The number of nitrogens with zero attached hydrogens (tertiary/aromatic N) is 4. The zero-order valence-corrected chi connectivity index (χ0v) is 13.6. The van der Waals surface area contributed by atoms with Crippen molar-refractivity contribution in [3.8, 4) is 0 Å². The molecule has 0 bridgehead atoms. The maximum absolute atomic E-state index is 12.4. The monoisotopic (exact) mass is 340 g/mol. The van der Waals surface area contributed by atoms with E-state index in [9.17, 15) is 4.79 Å². The summed E-state index contributed by atoms with van der Waals surface area (Å²) in [7, 11) is 4.17. The van der Waals surface area contributed by atoms with Crippen LogP contribution >= 0.6 is 15.9 Å². The van der Waals surface area contributed by atoms with E-state index in [1.54, 1.807) is 12.3 Å². The SMILES string of the molecule is CN(C)CCN1CCN(C(=O)c2cccnc2Br)CC1. The van der Waals surface area contributed by atoms with Crippen LogP contribution in [0.4, 0.5) is 0 Å². The van der Waals surface area contributed by atoms with Crippen LogP contribution in [0.25, 0.3) is 0 Å². The van der Waals surface area contributed by atoms with E-state index >= 15 is 0 Å². The summed E-state index contributed by atoms with van der Waals surface area (Å²) in [5.74, 6) is 0.0669. The number of halogens is 1. The van der Waals surface area contributed by atoms with Crippen LogP contribution < -0.4 is 0 Å². The average Bonchev–Trinajstić information content (AvgIpc) is 2.45. The Morgan fingerprint density at radius 3 is 2.65 bits per heavy atom. The fraction of sp³-hybridized carbons (Fsp3) is 0.571. The van der Waals surface area contributed by atoms with E-state index in [1.807, 2.05) is 11.0 Å². The fourth-order valence-electron chi connectivity index (χ4n) is 2.23.